The lowest BCUT2D eigenvalue weighted by Gasteiger charge is -2.08. The summed E-state index contributed by atoms with van der Waals surface area (Å²) >= 11 is 0. The molecule has 0 radical (unpaired) electrons. The van der Waals surface area contributed by atoms with Gasteiger partial charge in [0, 0.05) is 0 Å². The second-order valence-electron chi connectivity index (χ2n) is 5.18. The van der Waals surface area contributed by atoms with Gasteiger partial charge in [0.25, 0.3) is 0 Å². The Hall–Kier alpha value is -2.99. The predicted octanol–water partition coefficient (Wildman–Crippen LogP) is 4.94. The van der Waals surface area contributed by atoms with Crippen molar-refractivity contribution in [2.24, 2.45) is 10.2 Å². The largest absolute Gasteiger partial charge is 0.497 e. The van der Waals surface area contributed by atoms with E-state index in [2.05, 4.69) is 10.2 Å². The number of sulfone groups is 1. The van der Waals surface area contributed by atoms with Crippen LogP contribution in [0.5, 0.6) is 5.75 Å². The van der Waals surface area contributed by atoms with Gasteiger partial charge in [0.1, 0.15) is 11.4 Å². The Morgan fingerprint density at radius 3 is 2.08 bits per heavy atom. The van der Waals surface area contributed by atoms with E-state index in [9.17, 15) is 8.42 Å². The van der Waals surface area contributed by atoms with Crippen molar-refractivity contribution in [3.05, 3.63) is 78.9 Å². The predicted molar refractivity (Wildman–Crippen MR) is 95.5 cm³/mol. The van der Waals surface area contributed by atoms with Gasteiger partial charge in [-0.1, -0.05) is 30.3 Å². The molecule has 0 fully saturated rings. The van der Waals surface area contributed by atoms with Crippen molar-refractivity contribution in [2.75, 3.05) is 7.11 Å². The molecule has 0 bridgehead atoms. The van der Waals surface area contributed by atoms with E-state index in [0.717, 1.165) is 0 Å². The molecule has 0 N–H and O–H groups in total. The van der Waals surface area contributed by atoms with Crippen molar-refractivity contribution in [3.8, 4) is 5.75 Å². The summed E-state index contributed by atoms with van der Waals surface area (Å²) in [4.78, 5) is 0.288. The first-order chi connectivity index (χ1) is 12.1. The first-order valence-corrected chi connectivity index (χ1v) is 9.04. The molecule has 0 aliphatic rings. The summed E-state index contributed by atoms with van der Waals surface area (Å²) in [5.74, 6) is 0.594. The average molecular weight is 352 g/mol. The lowest BCUT2D eigenvalue weighted by atomic mass is 10.3. The van der Waals surface area contributed by atoms with Crippen molar-refractivity contribution in [2.45, 2.75) is 9.79 Å². The van der Waals surface area contributed by atoms with Crippen LogP contribution < -0.4 is 4.74 Å². The highest BCUT2D eigenvalue weighted by atomic mass is 32.2. The van der Waals surface area contributed by atoms with Crippen LogP contribution in [-0.2, 0) is 9.84 Å². The first kappa shape index (κ1) is 16.9. The molecule has 6 heteroatoms. The van der Waals surface area contributed by atoms with Crippen LogP contribution in [0, 0.1) is 0 Å². The zero-order valence-electron chi connectivity index (χ0n) is 13.5. The Morgan fingerprint density at radius 1 is 0.760 bits per heavy atom. The summed E-state index contributed by atoms with van der Waals surface area (Å²) in [6.45, 7) is 0. The summed E-state index contributed by atoms with van der Waals surface area (Å²) in [5.41, 5.74) is 0.946. The van der Waals surface area contributed by atoms with Gasteiger partial charge in [-0.3, -0.25) is 0 Å². The molecular formula is C19H16N2O3S. The molecule has 0 spiro atoms. The van der Waals surface area contributed by atoms with Crippen LogP contribution in [-0.4, -0.2) is 15.5 Å². The second kappa shape index (κ2) is 7.27. The van der Waals surface area contributed by atoms with E-state index in [-0.39, 0.29) is 9.79 Å². The van der Waals surface area contributed by atoms with Crippen molar-refractivity contribution in [1.82, 2.24) is 0 Å². The number of azo groups is 1. The molecule has 25 heavy (non-hydrogen) atoms. The third-order valence-electron chi connectivity index (χ3n) is 3.55. The highest BCUT2D eigenvalue weighted by Gasteiger charge is 2.21. The van der Waals surface area contributed by atoms with Crippen LogP contribution in [0.2, 0.25) is 0 Å². The molecule has 3 aromatic carbocycles. The zero-order valence-corrected chi connectivity index (χ0v) is 14.3. The minimum absolute atomic E-state index is 0.111. The lowest BCUT2D eigenvalue weighted by Crippen LogP contribution is -2.02. The fraction of sp³-hybridized carbons (Fsp3) is 0.0526. The highest BCUT2D eigenvalue weighted by Crippen LogP contribution is 2.31. The van der Waals surface area contributed by atoms with Gasteiger partial charge in [0.05, 0.1) is 22.6 Å². The van der Waals surface area contributed by atoms with Crippen molar-refractivity contribution in [1.29, 1.82) is 0 Å². The normalized spacial score (nSPS) is 11.6. The number of nitrogens with zero attached hydrogens (tertiary/aromatic N) is 2. The van der Waals surface area contributed by atoms with Gasteiger partial charge in [0.15, 0.2) is 0 Å². The van der Waals surface area contributed by atoms with Gasteiger partial charge in [-0.15, -0.1) is 5.11 Å². The SMILES string of the molecule is COc1ccc(S(=O)(=O)c2ccccc2N=Nc2ccccc2)cc1. The van der Waals surface area contributed by atoms with Crippen LogP contribution >= 0.6 is 0 Å². The smallest absolute Gasteiger partial charge is 0.208 e. The van der Waals surface area contributed by atoms with Crippen LogP contribution in [0.25, 0.3) is 0 Å². The molecule has 0 unspecified atom stereocenters. The maximum Gasteiger partial charge on any atom is 0.208 e. The zero-order chi connectivity index (χ0) is 17.7. The van der Waals surface area contributed by atoms with Crippen molar-refractivity contribution >= 4 is 21.2 Å². The van der Waals surface area contributed by atoms with Gasteiger partial charge < -0.3 is 4.74 Å². The van der Waals surface area contributed by atoms with E-state index in [1.807, 2.05) is 18.2 Å². The standard InChI is InChI=1S/C19H16N2O3S/c1-24-16-11-13-17(14-12-16)25(22,23)19-10-6-5-9-18(19)21-20-15-7-3-2-4-8-15/h2-14H,1H3. The minimum Gasteiger partial charge on any atom is -0.497 e. The number of rotatable bonds is 5. The molecular weight excluding hydrogens is 336 g/mol. The summed E-state index contributed by atoms with van der Waals surface area (Å²) in [6.07, 6.45) is 0. The van der Waals surface area contributed by atoms with E-state index in [4.69, 9.17) is 4.74 Å². The number of hydrogen-bond acceptors (Lipinski definition) is 5. The number of benzene rings is 3. The number of hydrogen-bond donors (Lipinski definition) is 0. The first-order valence-electron chi connectivity index (χ1n) is 7.56. The molecule has 126 valence electrons. The van der Waals surface area contributed by atoms with Crippen LogP contribution in [0.1, 0.15) is 0 Å². The molecule has 3 rings (SSSR count). The third-order valence-corrected chi connectivity index (χ3v) is 5.37. The Morgan fingerprint density at radius 2 is 1.40 bits per heavy atom. The second-order valence-corrected chi connectivity index (χ2v) is 7.10. The van der Waals surface area contributed by atoms with Gasteiger partial charge in [-0.2, -0.15) is 5.11 Å². The van der Waals surface area contributed by atoms with Gasteiger partial charge in [-0.25, -0.2) is 8.42 Å². The summed E-state index contributed by atoms with van der Waals surface area (Å²) in [5, 5.41) is 8.24. The monoisotopic (exact) mass is 352 g/mol. The Labute approximate surface area is 146 Å². The molecule has 0 aliphatic carbocycles. The summed E-state index contributed by atoms with van der Waals surface area (Å²) in [7, 11) is -2.18. The average Bonchev–Trinajstić information content (AvgIpc) is 2.67. The van der Waals surface area contributed by atoms with E-state index in [1.54, 1.807) is 42.5 Å². The Balaban J connectivity index is 2.00. The quantitative estimate of drug-likeness (QED) is 0.611. The molecule has 3 aromatic rings. The fourth-order valence-electron chi connectivity index (χ4n) is 2.26. The van der Waals surface area contributed by atoms with Crippen molar-refractivity contribution < 1.29 is 13.2 Å². The van der Waals surface area contributed by atoms with Crippen molar-refractivity contribution in [3.63, 3.8) is 0 Å². The topological polar surface area (TPSA) is 68.1 Å². The molecule has 5 nitrogen and oxygen atoms in total. The number of ether oxygens (including phenoxy) is 1. The molecule has 0 atom stereocenters. The molecule has 0 saturated carbocycles. The summed E-state index contributed by atoms with van der Waals surface area (Å²) in [6, 6.07) is 21.9. The Kier molecular flexibility index (Phi) is 4.90. The summed E-state index contributed by atoms with van der Waals surface area (Å²) < 4.78 is 30.9. The lowest BCUT2D eigenvalue weighted by molar-refractivity contribution is 0.414. The molecule has 0 aliphatic heterocycles. The van der Waals surface area contributed by atoms with Gasteiger partial charge >= 0.3 is 0 Å². The van der Waals surface area contributed by atoms with Gasteiger partial charge in [-0.05, 0) is 48.5 Å². The molecule has 0 heterocycles. The molecule has 0 aromatic heterocycles. The van der Waals surface area contributed by atoms with Crippen LogP contribution in [0.3, 0.4) is 0 Å². The fourth-order valence-corrected chi connectivity index (χ4v) is 3.65. The van der Waals surface area contributed by atoms with E-state index in [0.29, 0.717) is 17.1 Å². The minimum atomic E-state index is -3.71. The maximum atomic E-state index is 12.9. The Bertz CT molecular complexity index is 983. The van der Waals surface area contributed by atoms with E-state index < -0.39 is 9.84 Å². The number of methoxy groups -OCH3 is 1. The van der Waals surface area contributed by atoms with Gasteiger partial charge in [0.2, 0.25) is 9.84 Å². The molecule has 0 saturated heterocycles. The van der Waals surface area contributed by atoms with E-state index >= 15 is 0 Å². The highest BCUT2D eigenvalue weighted by molar-refractivity contribution is 7.91. The molecule has 0 amide bonds. The maximum absolute atomic E-state index is 12.9. The van der Waals surface area contributed by atoms with Crippen LogP contribution in [0.15, 0.2) is 98.9 Å². The third kappa shape index (κ3) is 3.75. The van der Waals surface area contributed by atoms with Crippen LogP contribution in [0.4, 0.5) is 11.4 Å². The van der Waals surface area contributed by atoms with E-state index in [1.165, 1.54) is 25.3 Å².